The molecule has 0 unspecified atom stereocenters. The summed E-state index contributed by atoms with van der Waals surface area (Å²) in [5.41, 5.74) is -1.44. The van der Waals surface area contributed by atoms with Crippen molar-refractivity contribution in [2.24, 2.45) is 0 Å². The lowest BCUT2D eigenvalue weighted by Crippen LogP contribution is -2.47. The molecule has 0 bridgehead atoms. The molecule has 0 heterocycles. The number of esters is 4. The minimum Gasteiger partial charge on any atom is -0.493 e. The second-order valence-electron chi connectivity index (χ2n) is 9.21. The monoisotopic (exact) mass is 480 g/mol. The summed E-state index contributed by atoms with van der Waals surface area (Å²) < 4.78 is 25.5. The Bertz CT molecular complexity index is 934. The van der Waals surface area contributed by atoms with E-state index in [1.54, 1.807) is 47.6 Å². The van der Waals surface area contributed by atoms with E-state index >= 15 is 0 Å². The van der Waals surface area contributed by atoms with Crippen LogP contribution < -0.4 is 9.47 Å². The molecule has 0 aliphatic carbocycles. The highest BCUT2D eigenvalue weighted by Crippen LogP contribution is 2.28. The fourth-order valence-electron chi connectivity index (χ4n) is 2.44. The van der Waals surface area contributed by atoms with Gasteiger partial charge >= 0.3 is 23.9 Å². The number of methoxy groups -OCH3 is 1. The molecule has 1 aromatic rings. The smallest absolute Gasteiger partial charge is 0.351 e. The normalized spacial score (nSPS) is 13.6. The zero-order valence-corrected chi connectivity index (χ0v) is 20.7. The molecule has 2 atom stereocenters. The average Bonchev–Trinajstić information content (AvgIpc) is 2.67. The van der Waals surface area contributed by atoms with Crippen molar-refractivity contribution in [1.82, 2.24) is 0 Å². The summed E-state index contributed by atoms with van der Waals surface area (Å²) in [6.07, 6.45) is -1.73. The molecule has 188 valence electrons. The van der Waals surface area contributed by atoms with Gasteiger partial charge in [0.1, 0.15) is 11.2 Å². The van der Waals surface area contributed by atoms with Gasteiger partial charge in [-0.2, -0.15) is 0 Å². The van der Waals surface area contributed by atoms with Crippen molar-refractivity contribution in [2.45, 2.75) is 71.9 Å². The Morgan fingerprint density at radius 2 is 1.47 bits per heavy atom. The predicted molar refractivity (Wildman–Crippen MR) is 121 cm³/mol. The lowest BCUT2D eigenvalue weighted by atomic mass is 10.1. The maximum atomic E-state index is 12.5. The van der Waals surface area contributed by atoms with Gasteiger partial charge in [0, 0.05) is 13.0 Å². The summed E-state index contributed by atoms with van der Waals surface area (Å²) in [5.74, 6) is -3.37. The van der Waals surface area contributed by atoms with Crippen LogP contribution in [0.5, 0.6) is 11.5 Å². The highest BCUT2D eigenvalue weighted by atomic mass is 16.6. The zero-order valence-electron chi connectivity index (χ0n) is 20.7. The van der Waals surface area contributed by atoms with Crippen LogP contribution in [0.1, 0.15) is 54.0 Å². The molecule has 10 heteroatoms. The van der Waals surface area contributed by atoms with Crippen LogP contribution in [0.2, 0.25) is 0 Å². The Kier molecular flexibility index (Phi) is 9.81. The van der Waals surface area contributed by atoms with E-state index in [-0.39, 0.29) is 11.5 Å². The number of hydrogen-bond acceptors (Lipinski definition) is 10. The standard InChI is InChI=1S/C24H32O10/c1-14(25)31-16-11-9-15(13-17(16)30-8)10-12-18(26)32-20(22(29)34-24(5,6)7)19(27)21(28)33-23(2,3)4/h9-13,19-20,27H,1-8H3/b12-10+/t19-,20-/m1/s1. The number of hydrogen-bond donors (Lipinski definition) is 1. The average molecular weight is 481 g/mol. The van der Waals surface area contributed by atoms with E-state index in [1.807, 2.05) is 0 Å². The molecule has 10 nitrogen and oxygen atoms in total. The van der Waals surface area contributed by atoms with Crippen LogP contribution >= 0.6 is 0 Å². The first-order valence-electron chi connectivity index (χ1n) is 10.4. The van der Waals surface area contributed by atoms with Gasteiger partial charge in [-0.3, -0.25) is 4.79 Å². The lowest BCUT2D eigenvalue weighted by Gasteiger charge is -2.27. The molecule has 1 rings (SSSR count). The van der Waals surface area contributed by atoms with Gasteiger partial charge in [0.2, 0.25) is 6.10 Å². The number of carbonyl (C=O) groups is 4. The van der Waals surface area contributed by atoms with Crippen molar-refractivity contribution < 1.29 is 48.0 Å². The summed E-state index contributed by atoms with van der Waals surface area (Å²) in [6.45, 7) is 10.7. The molecule has 0 saturated carbocycles. The first-order chi connectivity index (χ1) is 15.5. The third-order valence-electron chi connectivity index (χ3n) is 3.67. The van der Waals surface area contributed by atoms with Crippen LogP contribution in [0.3, 0.4) is 0 Å². The summed E-state index contributed by atoms with van der Waals surface area (Å²) in [5, 5.41) is 10.4. The Morgan fingerprint density at radius 3 is 1.97 bits per heavy atom. The van der Waals surface area contributed by atoms with E-state index in [9.17, 15) is 24.3 Å². The second-order valence-corrected chi connectivity index (χ2v) is 9.21. The number of aliphatic hydroxyl groups is 1. The number of ether oxygens (including phenoxy) is 5. The van der Waals surface area contributed by atoms with Crippen LogP contribution in [-0.2, 0) is 33.4 Å². The molecule has 0 saturated heterocycles. The maximum Gasteiger partial charge on any atom is 0.351 e. The van der Waals surface area contributed by atoms with Crippen LogP contribution in [0, 0.1) is 0 Å². The highest BCUT2D eigenvalue weighted by molar-refractivity contribution is 5.92. The molecule has 0 aliphatic heterocycles. The van der Waals surface area contributed by atoms with Gasteiger partial charge < -0.3 is 28.8 Å². The first-order valence-corrected chi connectivity index (χ1v) is 10.4. The molecular formula is C24H32O10. The largest absolute Gasteiger partial charge is 0.493 e. The van der Waals surface area contributed by atoms with Crippen LogP contribution in [0.15, 0.2) is 24.3 Å². The van der Waals surface area contributed by atoms with Crippen molar-refractivity contribution >= 4 is 30.0 Å². The van der Waals surface area contributed by atoms with Crippen LogP contribution in [0.4, 0.5) is 0 Å². The quantitative estimate of drug-likeness (QED) is 0.256. The van der Waals surface area contributed by atoms with Gasteiger partial charge in [-0.15, -0.1) is 0 Å². The molecule has 1 N–H and O–H groups in total. The van der Waals surface area contributed by atoms with E-state index in [0.29, 0.717) is 5.56 Å². The molecule has 0 aromatic heterocycles. The summed E-state index contributed by atoms with van der Waals surface area (Å²) in [4.78, 5) is 48.4. The number of carbonyl (C=O) groups excluding carboxylic acids is 4. The first kappa shape index (κ1) is 28.6. The molecule has 34 heavy (non-hydrogen) atoms. The fourth-order valence-corrected chi connectivity index (χ4v) is 2.44. The SMILES string of the molecule is COc1cc(/C=C/C(=O)O[C@@H](C(=O)OC(C)(C)C)[C@@H](O)C(=O)OC(C)(C)C)ccc1OC(C)=O. The lowest BCUT2D eigenvalue weighted by molar-refractivity contribution is -0.191. The van der Waals surface area contributed by atoms with Gasteiger partial charge in [-0.25, -0.2) is 14.4 Å². The van der Waals surface area contributed by atoms with Crippen molar-refractivity contribution in [1.29, 1.82) is 0 Å². The highest BCUT2D eigenvalue weighted by Gasteiger charge is 2.40. The third-order valence-corrected chi connectivity index (χ3v) is 3.67. The molecular weight excluding hydrogens is 448 g/mol. The number of rotatable bonds is 8. The second kappa shape index (κ2) is 11.6. The fraction of sp³-hybridized carbons (Fsp3) is 0.500. The van der Waals surface area contributed by atoms with Crippen molar-refractivity contribution in [3.05, 3.63) is 29.8 Å². The zero-order chi connectivity index (χ0) is 26.3. The van der Waals surface area contributed by atoms with E-state index < -0.39 is 47.3 Å². The maximum absolute atomic E-state index is 12.5. The topological polar surface area (TPSA) is 135 Å². The van der Waals surface area contributed by atoms with E-state index in [2.05, 4.69) is 0 Å². The Morgan fingerprint density at radius 1 is 0.912 bits per heavy atom. The van der Waals surface area contributed by atoms with Crippen molar-refractivity contribution in [3.8, 4) is 11.5 Å². The number of benzene rings is 1. The molecule has 1 aromatic carbocycles. The minimum absolute atomic E-state index is 0.195. The Labute approximate surface area is 198 Å². The summed E-state index contributed by atoms with van der Waals surface area (Å²) in [6, 6.07) is 4.52. The molecule has 0 amide bonds. The van der Waals surface area contributed by atoms with E-state index in [1.165, 1.54) is 32.2 Å². The molecule has 0 radical (unpaired) electrons. The minimum atomic E-state index is -2.10. The molecule has 0 spiro atoms. The van der Waals surface area contributed by atoms with Gasteiger partial charge in [0.15, 0.2) is 17.6 Å². The van der Waals surface area contributed by atoms with Crippen LogP contribution in [-0.4, -0.2) is 59.5 Å². The Balaban J connectivity index is 3.07. The van der Waals surface area contributed by atoms with Crippen molar-refractivity contribution in [2.75, 3.05) is 7.11 Å². The van der Waals surface area contributed by atoms with Gasteiger partial charge in [0.25, 0.3) is 0 Å². The van der Waals surface area contributed by atoms with E-state index in [4.69, 9.17) is 23.7 Å². The number of aliphatic hydroxyl groups excluding tert-OH is 1. The van der Waals surface area contributed by atoms with Crippen LogP contribution in [0.25, 0.3) is 6.08 Å². The Hall–Kier alpha value is -3.40. The predicted octanol–water partition coefficient (Wildman–Crippen LogP) is 2.59. The van der Waals surface area contributed by atoms with E-state index in [0.717, 1.165) is 6.08 Å². The summed E-state index contributed by atoms with van der Waals surface area (Å²) >= 11 is 0. The van der Waals surface area contributed by atoms with Gasteiger partial charge in [-0.05, 0) is 65.3 Å². The molecule has 0 aliphatic rings. The summed E-state index contributed by atoms with van der Waals surface area (Å²) in [7, 11) is 1.38. The molecule has 0 fully saturated rings. The third kappa shape index (κ3) is 10.0. The van der Waals surface area contributed by atoms with Gasteiger partial charge in [-0.1, -0.05) is 6.07 Å². The van der Waals surface area contributed by atoms with Crippen molar-refractivity contribution in [3.63, 3.8) is 0 Å². The van der Waals surface area contributed by atoms with Gasteiger partial charge in [0.05, 0.1) is 7.11 Å².